The maximum Gasteiger partial charge on any atom is 0.418 e. The van der Waals surface area contributed by atoms with Gasteiger partial charge in [0.25, 0.3) is 0 Å². The van der Waals surface area contributed by atoms with Crippen molar-refractivity contribution in [2.24, 2.45) is 5.73 Å². The average Bonchev–Trinajstić information content (AvgIpc) is 2.77. The Morgan fingerprint density at radius 3 is 2.34 bits per heavy atom. The average molecular weight is 541 g/mol. The van der Waals surface area contributed by atoms with Crippen LogP contribution in [0, 0.1) is 5.82 Å². The van der Waals surface area contributed by atoms with E-state index in [9.17, 15) is 27.2 Å². The van der Waals surface area contributed by atoms with Crippen molar-refractivity contribution in [2.75, 3.05) is 20.3 Å². The smallest absolute Gasteiger partial charge is 0.418 e. The SMILES string of the molecule is COC(=O)C1=C(CF)NC(C(=S)CCN)=C(C(=O)OC(C)C)C1c1c(F)ccc(Cl)c1C(F)(F)F. The third kappa shape index (κ3) is 5.99. The second-order valence-electron chi connectivity index (χ2n) is 7.60. The molecule has 0 spiro atoms. The van der Waals surface area contributed by atoms with Gasteiger partial charge in [0, 0.05) is 10.4 Å². The molecule has 6 nitrogen and oxygen atoms in total. The fraction of sp³-hybridized carbons (Fsp3) is 0.409. The summed E-state index contributed by atoms with van der Waals surface area (Å²) in [6.45, 7) is 1.49. The Kier molecular flexibility index (Phi) is 9.37. The first kappa shape index (κ1) is 28.7. The number of methoxy groups -OCH3 is 1. The minimum atomic E-state index is -5.22. The predicted octanol–water partition coefficient (Wildman–Crippen LogP) is 4.51. The first-order valence-corrected chi connectivity index (χ1v) is 11.0. The van der Waals surface area contributed by atoms with E-state index in [0.29, 0.717) is 12.1 Å². The maximum absolute atomic E-state index is 15.2. The first-order chi connectivity index (χ1) is 16.3. The van der Waals surface area contributed by atoms with Crippen LogP contribution in [0.15, 0.2) is 34.7 Å². The van der Waals surface area contributed by atoms with E-state index < -0.39 is 75.6 Å². The van der Waals surface area contributed by atoms with Gasteiger partial charge in [-0.1, -0.05) is 23.8 Å². The van der Waals surface area contributed by atoms with E-state index in [-0.39, 0.29) is 23.5 Å². The Morgan fingerprint density at radius 2 is 1.86 bits per heavy atom. The highest BCUT2D eigenvalue weighted by atomic mass is 35.5. The molecule has 2 rings (SSSR count). The number of allylic oxidation sites excluding steroid dienone is 2. The second-order valence-corrected chi connectivity index (χ2v) is 8.50. The summed E-state index contributed by atoms with van der Waals surface area (Å²) < 4.78 is 81.5. The Bertz CT molecular complexity index is 1100. The highest BCUT2D eigenvalue weighted by Gasteiger charge is 2.47. The van der Waals surface area contributed by atoms with Gasteiger partial charge in [0.2, 0.25) is 0 Å². The normalized spacial score (nSPS) is 16.4. The zero-order valence-electron chi connectivity index (χ0n) is 18.8. The monoisotopic (exact) mass is 540 g/mol. The number of nitrogens with one attached hydrogen (secondary N) is 1. The minimum Gasteiger partial charge on any atom is -0.466 e. The number of hydrogen-bond acceptors (Lipinski definition) is 7. The van der Waals surface area contributed by atoms with Crippen molar-refractivity contribution in [3.63, 3.8) is 0 Å². The van der Waals surface area contributed by atoms with E-state index in [1.807, 2.05) is 0 Å². The van der Waals surface area contributed by atoms with E-state index in [2.05, 4.69) is 10.1 Å². The summed E-state index contributed by atoms with van der Waals surface area (Å²) in [6, 6.07) is 1.32. The molecule has 0 fully saturated rings. The summed E-state index contributed by atoms with van der Waals surface area (Å²) in [4.78, 5) is 25.9. The minimum absolute atomic E-state index is 0.0287. The number of carbonyl (C=O) groups excluding carboxylic acids is 2. The van der Waals surface area contributed by atoms with Crippen molar-refractivity contribution in [3.05, 3.63) is 56.6 Å². The van der Waals surface area contributed by atoms with Gasteiger partial charge in [-0.25, -0.2) is 18.4 Å². The lowest BCUT2D eigenvalue weighted by atomic mass is 9.77. The molecular weight excluding hydrogens is 519 g/mol. The summed E-state index contributed by atoms with van der Waals surface area (Å²) in [7, 11) is 0.894. The lowest BCUT2D eigenvalue weighted by molar-refractivity contribution is -0.144. The maximum atomic E-state index is 15.2. The number of dihydropyridines is 1. The van der Waals surface area contributed by atoms with Crippen LogP contribution in [0.3, 0.4) is 0 Å². The molecule has 35 heavy (non-hydrogen) atoms. The molecule has 0 saturated carbocycles. The van der Waals surface area contributed by atoms with Crippen LogP contribution in [-0.2, 0) is 25.2 Å². The quantitative estimate of drug-likeness (QED) is 0.285. The third-order valence-electron chi connectivity index (χ3n) is 4.91. The van der Waals surface area contributed by atoms with Gasteiger partial charge < -0.3 is 20.5 Å². The van der Waals surface area contributed by atoms with Crippen LogP contribution in [0.4, 0.5) is 22.0 Å². The van der Waals surface area contributed by atoms with E-state index >= 15 is 4.39 Å². The van der Waals surface area contributed by atoms with Gasteiger partial charge in [0.1, 0.15) is 12.5 Å². The lowest BCUT2D eigenvalue weighted by Gasteiger charge is -2.33. The molecule has 1 unspecified atom stereocenters. The molecule has 192 valence electrons. The van der Waals surface area contributed by atoms with Crippen molar-refractivity contribution < 1.29 is 41.0 Å². The fourth-order valence-electron chi connectivity index (χ4n) is 3.60. The molecule has 3 N–H and O–H groups in total. The summed E-state index contributed by atoms with van der Waals surface area (Å²) >= 11 is 11.1. The van der Waals surface area contributed by atoms with E-state index in [0.717, 1.165) is 7.11 Å². The van der Waals surface area contributed by atoms with Gasteiger partial charge in [-0.05, 0) is 38.9 Å². The number of benzene rings is 1. The molecule has 0 amide bonds. The molecule has 1 atom stereocenters. The molecular formula is C22H22ClF5N2O4S. The molecule has 1 aromatic rings. The van der Waals surface area contributed by atoms with Crippen LogP contribution < -0.4 is 11.1 Å². The van der Waals surface area contributed by atoms with Crippen LogP contribution in [0.5, 0.6) is 0 Å². The summed E-state index contributed by atoms with van der Waals surface area (Å²) in [5.41, 5.74) is 0.425. The third-order valence-corrected chi connectivity index (χ3v) is 5.64. The van der Waals surface area contributed by atoms with Crippen LogP contribution in [0.1, 0.15) is 37.3 Å². The highest BCUT2D eigenvalue weighted by Crippen LogP contribution is 2.48. The Labute approximate surface area is 208 Å². The molecule has 0 aliphatic carbocycles. The summed E-state index contributed by atoms with van der Waals surface area (Å²) in [5.74, 6) is -6.09. The number of rotatable bonds is 8. The molecule has 0 saturated heterocycles. The standard InChI is InChI=1S/C22H22ClF5N2O4S/c1-9(2)34-21(32)17-16(14-11(25)5-4-10(23)18(14)22(26,27)28)15(20(31)33-3)12(8-24)30-19(17)13(35)6-7-29/h4-5,9,16,30H,6-8,29H2,1-3H3. The topological polar surface area (TPSA) is 90.6 Å². The highest BCUT2D eigenvalue weighted by molar-refractivity contribution is 7.80. The van der Waals surface area contributed by atoms with Crippen molar-refractivity contribution >= 4 is 40.6 Å². The van der Waals surface area contributed by atoms with Gasteiger partial charge in [-0.3, -0.25) is 0 Å². The molecule has 0 radical (unpaired) electrons. The van der Waals surface area contributed by atoms with Gasteiger partial charge in [0.15, 0.2) is 0 Å². The van der Waals surface area contributed by atoms with Gasteiger partial charge in [-0.15, -0.1) is 0 Å². The molecule has 0 aromatic heterocycles. The van der Waals surface area contributed by atoms with Crippen LogP contribution in [0.2, 0.25) is 5.02 Å². The van der Waals surface area contributed by atoms with Crippen molar-refractivity contribution in [1.29, 1.82) is 0 Å². The molecule has 1 aromatic carbocycles. The fourth-order valence-corrected chi connectivity index (χ4v) is 4.16. The molecule has 0 bridgehead atoms. The Morgan fingerprint density at radius 1 is 1.23 bits per heavy atom. The lowest BCUT2D eigenvalue weighted by Crippen LogP contribution is -2.38. The van der Waals surface area contributed by atoms with Crippen molar-refractivity contribution in [3.8, 4) is 0 Å². The first-order valence-electron chi connectivity index (χ1n) is 10.2. The van der Waals surface area contributed by atoms with Crippen molar-refractivity contribution in [1.82, 2.24) is 5.32 Å². The van der Waals surface area contributed by atoms with Crippen LogP contribution >= 0.6 is 23.8 Å². The van der Waals surface area contributed by atoms with Gasteiger partial charge >= 0.3 is 18.1 Å². The Balaban J connectivity index is 3.11. The number of alkyl halides is 4. The van der Waals surface area contributed by atoms with Gasteiger partial charge in [0.05, 0.1) is 52.3 Å². The number of nitrogens with two attached hydrogens (primary N) is 1. The zero-order chi connectivity index (χ0) is 26.7. The van der Waals surface area contributed by atoms with Gasteiger partial charge in [-0.2, -0.15) is 13.2 Å². The van der Waals surface area contributed by atoms with E-state index in [1.165, 1.54) is 13.8 Å². The van der Waals surface area contributed by atoms with Crippen molar-refractivity contribution in [2.45, 2.75) is 38.5 Å². The zero-order valence-corrected chi connectivity index (χ0v) is 20.4. The second kappa shape index (κ2) is 11.4. The molecule has 1 aliphatic rings. The number of halogens is 6. The predicted molar refractivity (Wildman–Crippen MR) is 122 cm³/mol. The van der Waals surface area contributed by atoms with E-state index in [4.69, 9.17) is 34.3 Å². The number of thiocarbonyl (C=S) groups is 1. The molecule has 1 aliphatic heterocycles. The number of ether oxygens (including phenoxy) is 2. The number of carbonyl (C=O) groups is 2. The van der Waals surface area contributed by atoms with Crippen LogP contribution in [0.25, 0.3) is 0 Å². The molecule has 13 heteroatoms. The van der Waals surface area contributed by atoms with Crippen LogP contribution in [-0.4, -0.2) is 43.2 Å². The summed E-state index contributed by atoms with van der Waals surface area (Å²) in [6.07, 6.45) is -6.03. The largest absolute Gasteiger partial charge is 0.466 e. The van der Waals surface area contributed by atoms with E-state index in [1.54, 1.807) is 0 Å². The number of esters is 2. The number of hydrogen-bond donors (Lipinski definition) is 2. The Hall–Kier alpha value is -2.57. The summed E-state index contributed by atoms with van der Waals surface area (Å²) in [5, 5.41) is 1.60. The molecule has 1 heterocycles.